The fourth-order valence-corrected chi connectivity index (χ4v) is 5.00. The molecule has 0 fully saturated rings. The Morgan fingerprint density at radius 3 is 1.82 bits per heavy atom. The molecule has 0 amide bonds. The van der Waals surface area contributed by atoms with Crippen molar-refractivity contribution in [2.45, 2.75) is 54.1 Å². The smallest absolute Gasteiger partial charge is 0.416 e. The number of carboxylic acid groups (broad SMARTS) is 1. The zero-order chi connectivity index (χ0) is 32.2. The van der Waals surface area contributed by atoms with Crippen molar-refractivity contribution < 1.29 is 46.8 Å². The van der Waals surface area contributed by atoms with Crippen LogP contribution in [0.15, 0.2) is 24.3 Å². The first kappa shape index (κ1) is 36.1. The van der Waals surface area contributed by atoms with Gasteiger partial charge >= 0.3 is 18.1 Å². The molecule has 240 valence electrons. The minimum Gasteiger partial charge on any atom is -0.496 e. The Morgan fingerprint density at radius 1 is 0.750 bits per heavy atom. The van der Waals surface area contributed by atoms with E-state index in [9.17, 15) is 27.9 Å². The van der Waals surface area contributed by atoms with Crippen molar-refractivity contribution in [2.75, 3.05) is 32.7 Å². The molecule has 0 aromatic heterocycles. The van der Waals surface area contributed by atoms with Crippen molar-refractivity contribution in [1.29, 1.82) is 0 Å². The molecule has 0 bridgehead atoms. The molecule has 44 heavy (non-hydrogen) atoms. The van der Waals surface area contributed by atoms with Gasteiger partial charge in [-0.25, -0.2) is 9.59 Å². The van der Waals surface area contributed by atoms with Gasteiger partial charge in [-0.2, -0.15) is 13.2 Å². The molecule has 3 aromatic carbocycles. The average Bonchev–Trinajstić information content (AvgIpc) is 2.94. The largest absolute Gasteiger partial charge is 0.496 e. The molecule has 0 aliphatic rings. The first-order valence-corrected chi connectivity index (χ1v) is 13.5. The number of ether oxygens (including phenoxy) is 4. The van der Waals surface area contributed by atoms with Gasteiger partial charge in [0.05, 0.1) is 32.0 Å². The maximum atomic E-state index is 13.5. The van der Waals surface area contributed by atoms with Gasteiger partial charge in [-0.3, -0.25) is 0 Å². The molecule has 0 aliphatic carbocycles. The number of nitrogens with one attached hydrogen (secondary N) is 1. The number of benzene rings is 3. The molecule has 0 saturated carbocycles. The van der Waals surface area contributed by atoms with Crippen molar-refractivity contribution in [3.05, 3.63) is 74.3 Å². The van der Waals surface area contributed by atoms with Gasteiger partial charge in [-0.05, 0) is 88.9 Å². The van der Waals surface area contributed by atoms with E-state index < -0.39 is 23.7 Å². The van der Waals surface area contributed by atoms with E-state index in [4.69, 9.17) is 18.9 Å². The van der Waals surface area contributed by atoms with Gasteiger partial charge in [-0.15, -0.1) is 12.4 Å². The summed E-state index contributed by atoms with van der Waals surface area (Å²) in [6.45, 7) is 11.1. The van der Waals surface area contributed by atoms with Crippen LogP contribution in [0, 0.1) is 41.5 Å². The Labute approximate surface area is 260 Å². The molecule has 0 spiro atoms. The number of hydrogen-bond donors (Lipinski definition) is 2. The maximum absolute atomic E-state index is 13.5. The number of carbonyl (C=O) groups excluding carboxylic acids is 1. The number of methoxy groups -OCH3 is 2. The average molecular weight is 640 g/mol. The van der Waals surface area contributed by atoms with E-state index in [-0.39, 0.29) is 35.0 Å². The van der Waals surface area contributed by atoms with Crippen LogP contribution in [0.1, 0.15) is 66.1 Å². The number of hydrogen-bond acceptors (Lipinski definition) is 7. The predicted octanol–water partition coefficient (Wildman–Crippen LogP) is 7.79. The van der Waals surface area contributed by atoms with Crippen molar-refractivity contribution in [3.8, 4) is 23.0 Å². The van der Waals surface area contributed by atoms with Crippen molar-refractivity contribution in [3.63, 3.8) is 0 Å². The van der Waals surface area contributed by atoms with Crippen molar-refractivity contribution >= 4 is 30.0 Å². The molecular formula is C32H37ClF3NO7. The Morgan fingerprint density at radius 2 is 1.30 bits per heavy atom. The van der Waals surface area contributed by atoms with E-state index in [2.05, 4.69) is 5.32 Å². The quantitative estimate of drug-likeness (QED) is 0.124. The van der Waals surface area contributed by atoms with E-state index >= 15 is 0 Å². The highest BCUT2D eigenvalue weighted by atomic mass is 35.5. The molecule has 0 aliphatic heterocycles. The van der Waals surface area contributed by atoms with Gasteiger partial charge in [0.2, 0.25) is 0 Å². The van der Waals surface area contributed by atoms with Crippen LogP contribution >= 0.6 is 12.4 Å². The van der Waals surface area contributed by atoms with Gasteiger partial charge in [-0.1, -0.05) is 0 Å². The second-order valence-electron chi connectivity index (χ2n) is 10.1. The molecule has 8 nitrogen and oxygen atoms in total. The van der Waals surface area contributed by atoms with E-state index in [1.54, 1.807) is 34.6 Å². The lowest BCUT2D eigenvalue weighted by Gasteiger charge is -2.22. The summed E-state index contributed by atoms with van der Waals surface area (Å²) in [4.78, 5) is 25.4. The highest BCUT2D eigenvalue weighted by molar-refractivity contribution is 6.01. The minimum absolute atomic E-state index is 0. The Bertz CT molecular complexity index is 1540. The lowest BCUT2D eigenvalue weighted by molar-refractivity contribution is -0.137. The number of carbonyl (C=O) groups is 2. The van der Waals surface area contributed by atoms with Crippen LogP contribution < -0.4 is 24.3 Å². The zero-order valence-corrected chi connectivity index (χ0v) is 26.7. The summed E-state index contributed by atoms with van der Waals surface area (Å²) in [5.41, 5.74) is 3.25. The van der Waals surface area contributed by atoms with Crippen LogP contribution in [0.2, 0.25) is 0 Å². The van der Waals surface area contributed by atoms with Crippen LogP contribution in [0.25, 0.3) is 0 Å². The number of esters is 1. The van der Waals surface area contributed by atoms with Crippen molar-refractivity contribution in [2.24, 2.45) is 0 Å². The summed E-state index contributed by atoms with van der Waals surface area (Å²) in [5.74, 6) is -0.645. The maximum Gasteiger partial charge on any atom is 0.416 e. The third kappa shape index (κ3) is 7.32. The topological polar surface area (TPSA) is 103 Å². The number of halogens is 4. The Balaban J connectivity index is 0.00000675. The minimum atomic E-state index is -4.38. The van der Waals surface area contributed by atoms with Crippen LogP contribution in [-0.4, -0.2) is 44.4 Å². The molecule has 0 atom stereocenters. The van der Waals surface area contributed by atoms with Gasteiger partial charge < -0.3 is 29.4 Å². The van der Waals surface area contributed by atoms with Crippen molar-refractivity contribution in [1.82, 2.24) is 0 Å². The number of aromatic carboxylic acids is 1. The lowest BCUT2D eigenvalue weighted by atomic mass is 9.92. The SMILES string of the molecule is COc1c(C)c(OCCCNc2ccc(C(F)(F)F)cc2)c(C)c(C)c1OC(=O)c1c(C)c(C)c(C(=O)O)c(OC)c1C.Cl. The number of alkyl halides is 3. The van der Waals surface area contributed by atoms with Gasteiger partial charge in [0, 0.05) is 28.9 Å². The second-order valence-corrected chi connectivity index (χ2v) is 10.1. The third-order valence-electron chi connectivity index (χ3n) is 7.52. The highest BCUT2D eigenvalue weighted by Crippen LogP contribution is 2.44. The second kappa shape index (κ2) is 14.6. The van der Waals surface area contributed by atoms with E-state index in [1.165, 1.54) is 26.4 Å². The summed E-state index contributed by atoms with van der Waals surface area (Å²) in [6.07, 6.45) is -3.82. The Hall–Kier alpha value is -4.12. The van der Waals surface area contributed by atoms with Gasteiger partial charge in [0.15, 0.2) is 11.5 Å². The van der Waals surface area contributed by atoms with Crippen LogP contribution in [0.4, 0.5) is 18.9 Å². The molecule has 2 N–H and O–H groups in total. The van der Waals surface area contributed by atoms with E-state index in [0.717, 1.165) is 17.7 Å². The Kier molecular flexibility index (Phi) is 11.9. The summed E-state index contributed by atoms with van der Waals surface area (Å²) < 4.78 is 61.3. The molecule has 0 radical (unpaired) electrons. The summed E-state index contributed by atoms with van der Waals surface area (Å²) in [7, 11) is 2.81. The molecule has 12 heteroatoms. The molecule has 0 unspecified atom stereocenters. The van der Waals surface area contributed by atoms with Crippen LogP contribution in [0.5, 0.6) is 23.0 Å². The van der Waals surface area contributed by atoms with Gasteiger partial charge in [0.1, 0.15) is 17.1 Å². The van der Waals surface area contributed by atoms with Gasteiger partial charge in [0.25, 0.3) is 0 Å². The predicted molar refractivity (Wildman–Crippen MR) is 164 cm³/mol. The standard InChI is InChI=1S/C32H36F3NO7.ClH/c1-16-17(2)25(30(37)38)27(40-7)20(5)24(16)31(39)43-29-19(4)18(3)26(21(6)28(29)41-8)42-15-9-14-36-23-12-10-22(11-13-23)32(33,34)35;/h10-13,36H,9,14-15H2,1-8H3,(H,37,38);1H. The first-order valence-electron chi connectivity index (χ1n) is 13.5. The van der Waals surface area contributed by atoms with E-state index in [0.29, 0.717) is 64.6 Å². The molecule has 0 heterocycles. The van der Waals surface area contributed by atoms with Crippen LogP contribution in [-0.2, 0) is 6.18 Å². The molecule has 0 saturated heterocycles. The summed E-state index contributed by atoms with van der Waals surface area (Å²) in [6, 6.07) is 4.82. The number of anilines is 1. The molecular weight excluding hydrogens is 603 g/mol. The normalized spacial score (nSPS) is 11.0. The number of carboxylic acids is 1. The lowest BCUT2D eigenvalue weighted by Crippen LogP contribution is -2.18. The highest BCUT2D eigenvalue weighted by Gasteiger charge is 2.30. The first-order chi connectivity index (χ1) is 20.1. The fourth-order valence-electron chi connectivity index (χ4n) is 5.00. The summed E-state index contributed by atoms with van der Waals surface area (Å²) in [5, 5.41) is 12.8. The third-order valence-corrected chi connectivity index (χ3v) is 7.52. The zero-order valence-electron chi connectivity index (χ0n) is 25.9. The van der Waals surface area contributed by atoms with Crippen LogP contribution in [0.3, 0.4) is 0 Å². The summed E-state index contributed by atoms with van der Waals surface area (Å²) >= 11 is 0. The fraction of sp³-hybridized carbons (Fsp3) is 0.375. The number of rotatable bonds is 11. The molecule has 3 rings (SSSR count). The monoisotopic (exact) mass is 639 g/mol. The molecule has 3 aromatic rings. The van der Waals surface area contributed by atoms with E-state index in [1.807, 2.05) is 6.92 Å².